The van der Waals surface area contributed by atoms with Gasteiger partial charge in [0.05, 0.1) is 33.9 Å². The molecule has 1 fully saturated rings. The van der Waals surface area contributed by atoms with E-state index < -0.39 is 27.7 Å². The van der Waals surface area contributed by atoms with Crippen LogP contribution in [0.3, 0.4) is 0 Å². The number of carbonyl (C=O) groups excluding carboxylic acids is 3. The predicted molar refractivity (Wildman–Crippen MR) is 111 cm³/mol. The van der Waals surface area contributed by atoms with Gasteiger partial charge in [-0.3, -0.25) is 19.7 Å². The molecule has 9 nitrogen and oxygen atoms in total. The molecule has 0 aliphatic carbocycles. The van der Waals surface area contributed by atoms with E-state index in [1.165, 1.54) is 40.7 Å². The maximum absolute atomic E-state index is 12.9. The molecule has 0 aromatic heterocycles. The maximum Gasteiger partial charge on any atom is 0.261 e. The van der Waals surface area contributed by atoms with Crippen molar-refractivity contribution < 1.29 is 27.5 Å². The molecule has 0 bridgehead atoms. The molecule has 2 atom stereocenters. The van der Waals surface area contributed by atoms with Crippen LogP contribution in [0.2, 0.25) is 0 Å². The Bertz CT molecular complexity index is 1170. The van der Waals surface area contributed by atoms with E-state index in [1.807, 2.05) is 13.8 Å². The third-order valence-electron chi connectivity index (χ3n) is 5.15. The van der Waals surface area contributed by atoms with Gasteiger partial charge >= 0.3 is 0 Å². The Morgan fingerprint density at radius 1 is 1.03 bits per heavy atom. The van der Waals surface area contributed by atoms with Gasteiger partial charge < -0.3 is 10.1 Å². The summed E-state index contributed by atoms with van der Waals surface area (Å²) in [5.41, 5.74) is 0.720. The fraction of sp³-hybridized carbons (Fsp3) is 0.286. The Morgan fingerprint density at radius 2 is 1.68 bits per heavy atom. The van der Waals surface area contributed by atoms with Crippen molar-refractivity contribution in [1.82, 2.24) is 9.62 Å². The number of hydrogen-bond acceptors (Lipinski definition) is 6. The molecule has 2 aromatic carbocycles. The van der Waals surface area contributed by atoms with E-state index in [0.29, 0.717) is 0 Å². The van der Waals surface area contributed by atoms with E-state index in [4.69, 9.17) is 4.74 Å². The van der Waals surface area contributed by atoms with E-state index in [0.717, 1.165) is 0 Å². The first-order chi connectivity index (χ1) is 14.7. The first kappa shape index (κ1) is 21.2. The molecule has 0 unspecified atom stereocenters. The smallest absolute Gasteiger partial charge is 0.261 e. The van der Waals surface area contributed by atoms with Gasteiger partial charge in [0.2, 0.25) is 10.0 Å². The zero-order chi connectivity index (χ0) is 22.3. The fourth-order valence-electron chi connectivity index (χ4n) is 3.77. The Balaban J connectivity index is 1.53. The summed E-state index contributed by atoms with van der Waals surface area (Å²) in [5, 5.41) is 4.80. The average molecular weight is 443 g/mol. The minimum absolute atomic E-state index is 0.0796. The number of rotatable bonds is 4. The van der Waals surface area contributed by atoms with Crippen molar-refractivity contribution in [2.24, 2.45) is 0 Å². The summed E-state index contributed by atoms with van der Waals surface area (Å²) in [4.78, 5) is 36.5. The summed E-state index contributed by atoms with van der Waals surface area (Å²) in [6, 6.07) is 10.1. The molecular weight excluding hydrogens is 422 g/mol. The van der Waals surface area contributed by atoms with Crippen LogP contribution in [0.1, 0.15) is 44.9 Å². The summed E-state index contributed by atoms with van der Waals surface area (Å²) in [6.45, 7) is 4.16. The van der Waals surface area contributed by atoms with Gasteiger partial charge in [-0.25, -0.2) is 8.42 Å². The first-order valence-electron chi connectivity index (χ1n) is 9.72. The number of nitrogens with zero attached hydrogens (tertiary/aromatic N) is 1. The highest BCUT2D eigenvalue weighted by Gasteiger charge is 2.32. The van der Waals surface area contributed by atoms with E-state index in [9.17, 15) is 22.8 Å². The van der Waals surface area contributed by atoms with Gasteiger partial charge in [-0.15, -0.1) is 0 Å². The van der Waals surface area contributed by atoms with Crippen molar-refractivity contribution in [3.63, 3.8) is 0 Å². The SMILES string of the molecule is C[C@H]1CN(S(=O)(=O)c2ccc(C(=O)Nc3cccc4c3C(=O)NC4=O)cc2)C[C@H](C)O1. The average Bonchev–Trinajstić information content (AvgIpc) is 3.02. The lowest BCUT2D eigenvalue weighted by Gasteiger charge is -2.34. The van der Waals surface area contributed by atoms with Crippen molar-refractivity contribution in [2.45, 2.75) is 31.0 Å². The fourth-order valence-corrected chi connectivity index (χ4v) is 5.36. The van der Waals surface area contributed by atoms with Crippen LogP contribution in [-0.2, 0) is 14.8 Å². The topological polar surface area (TPSA) is 122 Å². The zero-order valence-electron chi connectivity index (χ0n) is 16.9. The number of sulfonamides is 1. The highest BCUT2D eigenvalue weighted by Crippen LogP contribution is 2.25. The number of hydrogen-bond donors (Lipinski definition) is 2. The Kier molecular flexibility index (Phi) is 5.38. The van der Waals surface area contributed by atoms with Gasteiger partial charge in [0.1, 0.15) is 0 Å². The third kappa shape index (κ3) is 3.97. The molecule has 1 saturated heterocycles. The van der Waals surface area contributed by atoms with Crippen LogP contribution < -0.4 is 10.6 Å². The van der Waals surface area contributed by atoms with Crippen molar-refractivity contribution in [3.8, 4) is 0 Å². The van der Waals surface area contributed by atoms with E-state index in [1.54, 1.807) is 6.07 Å². The van der Waals surface area contributed by atoms with Crippen LogP contribution in [0.5, 0.6) is 0 Å². The van der Waals surface area contributed by atoms with Crippen LogP contribution in [0.25, 0.3) is 0 Å². The van der Waals surface area contributed by atoms with E-state index in [2.05, 4.69) is 10.6 Å². The lowest BCUT2D eigenvalue weighted by molar-refractivity contribution is -0.0440. The molecule has 31 heavy (non-hydrogen) atoms. The molecule has 0 saturated carbocycles. The summed E-state index contributed by atoms with van der Waals surface area (Å²) in [6.07, 6.45) is -0.416. The highest BCUT2D eigenvalue weighted by atomic mass is 32.2. The molecule has 2 aliphatic rings. The number of imide groups is 1. The molecule has 162 valence electrons. The number of fused-ring (bicyclic) bond motifs is 1. The predicted octanol–water partition coefficient (Wildman–Crippen LogP) is 1.62. The lowest BCUT2D eigenvalue weighted by Crippen LogP contribution is -2.48. The van der Waals surface area contributed by atoms with Gasteiger partial charge in [-0.2, -0.15) is 4.31 Å². The standard InChI is InChI=1S/C21H21N3O6S/c1-12-10-24(11-13(2)30-12)31(28,29)15-8-6-14(7-9-15)19(25)22-17-5-3-4-16-18(17)21(27)23-20(16)26/h3-9,12-13H,10-11H2,1-2H3,(H,22,25)(H,23,26,27)/t12-,13-/m0/s1. The number of carbonyl (C=O) groups is 3. The minimum atomic E-state index is -3.72. The highest BCUT2D eigenvalue weighted by molar-refractivity contribution is 7.89. The second-order valence-corrected chi connectivity index (χ2v) is 9.51. The molecular formula is C21H21N3O6S. The Labute approximate surface area is 179 Å². The molecule has 10 heteroatoms. The molecule has 2 N–H and O–H groups in total. The normalized spacial score (nSPS) is 21.5. The van der Waals surface area contributed by atoms with Crippen molar-refractivity contribution in [3.05, 3.63) is 59.2 Å². The first-order valence-corrected chi connectivity index (χ1v) is 11.2. The van der Waals surface area contributed by atoms with Gasteiger partial charge in [-0.1, -0.05) is 6.07 Å². The second-order valence-electron chi connectivity index (χ2n) is 7.57. The molecule has 2 aromatic rings. The molecule has 2 aliphatic heterocycles. The summed E-state index contributed by atoms with van der Waals surface area (Å²) in [5.74, 6) is -1.62. The third-order valence-corrected chi connectivity index (χ3v) is 7.00. The minimum Gasteiger partial charge on any atom is -0.373 e. The molecule has 0 radical (unpaired) electrons. The summed E-state index contributed by atoms with van der Waals surface area (Å²) in [7, 11) is -3.72. The number of benzene rings is 2. The van der Waals surface area contributed by atoms with Gasteiger partial charge in [-0.05, 0) is 50.2 Å². The number of nitrogens with one attached hydrogen (secondary N) is 2. The van der Waals surface area contributed by atoms with E-state index >= 15 is 0 Å². The van der Waals surface area contributed by atoms with Crippen LogP contribution in [0.15, 0.2) is 47.4 Å². The molecule has 3 amide bonds. The van der Waals surface area contributed by atoms with Gasteiger partial charge in [0.25, 0.3) is 17.7 Å². The quantitative estimate of drug-likeness (QED) is 0.693. The van der Waals surface area contributed by atoms with Crippen molar-refractivity contribution in [1.29, 1.82) is 0 Å². The monoisotopic (exact) mass is 443 g/mol. The maximum atomic E-state index is 12.9. The number of morpholine rings is 1. The zero-order valence-corrected chi connectivity index (χ0v) is 17.7. The van der Waals surface area contributed by atoms with Crippen LogP contribution in [0.4, 0.5) is 5.69 Å². The Morgan fingerprint density at radius 3 is 2.32 bits per heavy atom. The van der Waals surface area contributed by atoms with Crippen molar-refractivity contribution >= 4 is 33.4 Å². The number of amides is 3. The van der Waals surface area contributed by atoms with E-state index in [-0.39, 0.29) is 52.6 Å². The van der Waals surface area contributed by atoms with Crippen LogP contribution in [0, 0.1) is 0 Å². The second kappa shape index (κ2) is 7.88. The number of ether oxygens (including phenoxy) is 1. The lowest BCUT2D eigenvalue weighted by atomic mass is 10.1. The van der Waals surface area contributed by atoms with Crippen LogP contribution in [-0.4, -0.2) is 55.7 Å². The summed E-state index contributed by atoms with van der Waals surface area (Å²) >= 11 is 0. The largest absolute Gasteiger partial charge is 0.373 e. The molecule has 0 spiro atoms. The van der Waals surface area contributed by atoms with Crippen molar-refractivity contribution in [2.75, 3.05) is 18.4 Å². The molecule has 4 rings (SSSR count). The van der Waals surface area contributed by atoms with Crippen LogP contribution >= 0.6 is 0 Å². The molecule has 2 heterocycles. The van der Waals surface area contributed by atoms with Gasteiger partial charge in [0, 0.05) is 18.7 Å². The number of anilines is 1. The summed E-state index contributed by atoms with van der Waals surface area (Å²) < 4.78 is 32.8. The van der Waals surface area contributed by atoms with Gasteiger partial charge in [0.15, 0.2) is 0 Å². The Hall–Kier alpha value is -3.08.